The fourth-order valence-electron chi connectivity index (χ4n) is 2.61. The van der Waals surface area contributed by atoms with E-state index in [-0.39, 0.29) is 11.5 Å². The predicted octanol–water partition coefficient (Wildman–Crippen LogP) is 3.82. The number of amides is 1. The van der Waals surface area contributed by atoms with E-state index < -0.39 is 5.25 Å². The number of methoxy groups -OCH3 is 1. The maximum absolute atomic E-state index is 12.9. The van der Waals surface area contributed by atoms with Crippen LogP contribution in [-0.2, 0) is 16.1 Å². The number of hydrogen-bond donors (Lipinski definition) is 1. The summed E-state index contributed by atoms with van der Waals surface area (Å²) in [5.74, 6) is -0.187. The number of carbonyl (C=O) groups excluding carboxylic acids is 1. The summed E-state index contributed by atoms with van der Waals surface area (Å²) in [5.41, 5.74) is 1.12. The van der Waals surface area contributed by atoms with Gasteiger partial charge in [-0.3, -0.25) is 14.2 Å². The first-order valence-electron chi connectivity index (χ1n) is 8.71. The van der Waals surface area contributed by atoms with E-state index in [1.807, 2.05) is 6.07 Å². The molecule has 0 unspecified atom stereocenters. The minimum Gasteiger partial charge on any atom is -0.383 e. The summed E-state index contributed by atoms with van der Waals surface area (Å²) in [6, 6.07) is 14.1. The van der Waals surface area contributed by atoms with Crippen molar-refractivity contribution in [2.24, 2.45) is 0 Å². The van der Waals surface area contributed by atoms with Gasteiger partial charge in [-0.15, -0.1) is 0 Å². The second-order valence-electron chi connectivity index (χ2n) is 6.12. The lowest BCUT2D eigenvalue weighted by atomic mass is 10.2. The number of carbonyl (C=O) groups is 1. The van der Waals surface area contributed by atoms with Crippen LogP contribution in [0.4, 0.5) is 5.69 Å². The molecule has 1 N–H and O–H groups in total. The zero-order valence-electron chi connectivity index (χ0n) is 15.5. The molecule has 3 rings (SSSR count). The molecule has 0 saturated heterocycles. The minimum atomic E-state index is -0.461. The van der Waals surface area contributed by atoms with Gasteiger partial charge in [0, 0.05) is 17.8 Å². The molecule has 3 aromatic rings. The van der Waals surface area contributed by atoms with Crippen LogP contribution in [0.1, 0.15) is 6.92 Å². The summed E-state index contributed by atoms with van der Waals surface area (Å²) in [7, 11) is 1.58. The predicted molar refractivity (Wildman–Crippen MR) is 113 cm³/mol. The Morgan fingerprint density at radius 2 is 1.96 bits per heavy atom. The average molecular weight is 418 g/mol. The van der Waals surface area contributed by atoms with Gasteiger partial charge in [0.15, 0.2) is 5.16 Å². The Labute approximate surface area is 171 Å². The quantitative estimate of drug-likeness (QED) is 0.467. The van der Waals surface area contributed by atoms with Crippen LogP contribution in [-0.4, -0.2) is 34.4 Å². The molecular formula is C20H20ClN3O3S. The molecule has 28 heavy (non-hydrogen) atoms. The molecule has 0 saturated carbocycles. The third-order valence-corrected chi connectivity index (χ3v) is 5.45. The van der Waals surface area contributed by atoms with Gasteiger partial charge in [-0.2, -0.15) is 0 Å². The molecule has 0 bridgehead atoms. The summed E-state index contributed by atoms with van der Waals surface area (Å²) in [6.45, 7) is 2.51. The van der Waals surface area contributed by atoms with Crippen LogP contribution < -0.4 is 10.9 Å². The highest BCUT2D eigenvalue weighted by atomic mass is 35.5. The molecule has 2 aromatic carbocycles. The molecular weight excluding hydrogens is 398 g/mol. The van der Waals surface area contributed by atoms with E-state index in [0.717, 1.165) is 0 Å². The Morgan fingerprint density at radius 1 is 1.25 bits per heavy atom. The molecule has 0 radical (unpaired) electrons. The number of aromatic nitrogens is 2. The van der Waals surface area contributed by atoms with E-state index >= 15 is 0 Å². The third-order valence-electron chi connectivity index (χ3n) is 4.11. The van der Waals surface area contributed by atoms with Gasteiger partial charge in [0.05, 0.1) is 29.3 Å². The number of hydrogen-bond acceptors (Lipinski definition) is 5. The monoisotopic (exact) mass is 417 g/mol. The maximum Gasteiger partial charge on any atom is 0.262 e. The largest absolute Gasteiger partial charge is 0.383 e. The molecule has 0 aliphatic heterocycles. The highest BCUT2D eigenvalue weighted by Gasteiger charge is 2.19. The number of thioether (sulfide) groups is 1. The summed E-state index contributed by atoms with van der Waals surface area (Å²) in [4.78, 5) is 30.0. The highest BCUT2D eigenvalue weighted by molar-refractivity contribution is 8.00. The Balaban J connectivity index is 1.86. The lowest BCUT2D eigenvalue weighted by Gasteiger charge is -2.16. The fourth-order valence-corrected chi connectivity index (χ4v) is 3.67. The van der Waals surface area contributed by atoms with Gasteiger partial charge in [-0.25, -0.2) is 4.98 Å². The van der Waals surface area contributed by atoms with E-state index in [0.29, 0.717) is 39.9 Å². The molecule has 0 aliphatic rings. The molecule has 1 aromatic heterocycles. The lowest BCUT2D eigenvalue weighted by molar-refractivity contribution is -0.115. The number of benzene rings is 2. The van der Waals surface area contributed by atoms with Crippen LogP contribution in [0.2, 0.25) is 5.02 Å². The first-order valence-corrected chi connectivity index (χ1v) is 9.97. The lowest BCUT2D eigenvalue weighted by Crippen LogP contribution is -2.28. The zero-order valence-corrected chi connectivity index (χ0v) is 17.1. The Kier molecular flexibility index (Phi) is 6.72. The normalized spacial score (nSPS) is 12.1. The van der Waals surface area contributed by atoms with E-state index in [2.05, 4.69) is 10.3 Å². The van der Waals surface area contributed by atoms with Crippen LogP contribution in [0.15, 0.2) is 58.5 Å². The second-order valence-corrected chi connectivity index (χ2v) is 7.86. The van der Waals surface area contributed by atoms with Crippen molar-refractivity contribution in [1.82, 2.24) is 9.55 Å². The molecule has 1 amide bonds. The number of fused-ring (bicyclic) bond motifs is 1. The Hall–Kier alpha value is -2.35. The minimum absolute atomic E-state index is 0.143. The summed E-state index contributed by atoms with van der Waals surface area (Å²) in [5, 5.41) is 4.01. The first-order chi connectivity index (χ1) is 13.5. The molecule has 0 spiro atoms. The smallest absolute Gasteiger partial charge is 0.262 e. The van der Waals surface area contributed by atoms with Gasteiger partial charge in [-0.1, -0.05) is 35.5 Å². The molecule has 0 aliphatic carbocycles. The van der Waals surface area contributed by atoms with Gasteiger partial charge in [0.2, 0.25) is 5.91 Å². The number of halogens is 1. The summed E-state index contributed by atoms with van der Waals surface area (Å²) < 4.78 is 6.68. The van der Waals surface area contributed by atoms with E-state index in [1.54, 1.807) is 61.1 Å². The Bertz CT molecular complexity index is 1040. The van der Waals surface area contributed by atoms with Crippen molar-refractivity contribution >= 4 is 45.9 Å². The van der Waals surface area contributed by atoms with Gasteiger partial charge in [-0.05, 0) is 43.3 Å². The van der Waals surface area contributed by atoms with Crippen molar-refractivity contribution in [1.29, 1.82) is 0 Å². The highest BCUT2D eigenvalue weighted by Crippen LogP contribution is 2.24. The fraction of sp³-hybridized carbons (Fsp3) is 0.250. The second kappa shape index (κ2) is 9.23. The van der Waals surface area contributed by atoms with Gasteiger partial charge < -0.3 is 10.1 Å². The van der Waals surface area contributed by atoms with Gasteiger partial charge >= 0.3 is 0 Å². The standard InChI is InChI=1S/C20H20ClN3O3S/c1-13(18(25)22-15-9-7-14(21)8-10-15)28-20-23-17-6-4-3-5-16(17)19(26)24(20)11-12-27-2/h3-10,13H,11-12H2,1-2H3,(H,22,25)/t13-/m0/s1. The molecule has 146 valence electrons. The summed E-state index contributed by atoms with van der Waals surface area (Å²) >= 11 is 7.11. The topological polar surface area (TPSA) is 73.2 Å². The van der Waals surface area contributed by atoms with Gasteiger partial charge in [0.1, 0.15) is 0 Å². The molecule has 0 fully saturated rings. The number of ether oxygens (including phenoxy) is 1. The number of para-hydroxylation sites is 1. The third kappa shape index (κ3) is 4.73. The number of nitrogens with zero attached hydrogens (tertiary/aromatic N) is 2. The van der Waals surface area contributed by atoms with Crippen molar-refractivity contribution in [2.75, 3.05) is 19.0 Å². The van der Waals surface area contributed by atoms with Crippen LogP contribution >= 0.6 is 23.4 Å². The van der Waals surface area contributed by atoms with E-state index in [4.69, 9.17) is 16.3 Å². The summed E-state index contributed by atoms with van der Waals surface area (Å²) in [6.07, 6.45) is 0. The average Bonchev–Trinajstić information content (AvgIpc) is 2.69. The maximum atomic E-state index is 12.9. The van der Waals surface area contributed by atoms with E-state index in [9.17, 15) is 9.59 Å². The number of rotatable bonds is 7. The van der Waals surface area contributed by atoms with E-state index in [1.165, 1.54) is 11.8 Å². The van der Waals surface area contributed by atoms with Crippen LogP contribution in [0, 0.1) is 0 Å². The number of nitrogens with one attached hydrogen (secondary N) is 1. The zero-order chi connectivity index (χ0) is 20.1. The van der Waals surface area contributed by atoms with Crippen molar-refractivity contribution in [3.63, 3.8) is 0 Å². The molecule has 6 nitrogen and oxygen atoms in total. The molecule has 1 atom stereocenters. The van der Waals surface area contributed by atoms with Crippen molar-refractivity contribution in [3.05, 3.63) is 63.9 Å². The SMILES string of the molecule is COCCn1c(S[C@@H](C)C(=O)Nc2ccc(Cl)cc2)nc2ccccc2c1=O. The Morgan fingerprint density at radius 3 is 2.68 bits per heavy atom. The van der Waals surface area contributed by atoms with Crippen molar-refractivity contribution in [3.8, 4) is 0 Å². The van der Waals surface area contributed by atoms with Gasteiger partial charge in [0.25, 0.3) is 5.56 Å². The van der Waals surface area contributed by atoms with Crippen LogP contribution in [0.3, 0.4) is 0 Å². The van der Waals surface area contributed by atoms with Crippen LogP contribution in [0.5, 0.6) is 0 Å². The number of anilines is 1. The molecule has 8 heteroatoms. The molecule has 1 heterocycles. The van der Waals surface area contributed by atoms with Crippen molar-refractivity contribution in [2.45, 2.75) is 23.9 Å². The van der Waals surface area contributed by atoms with Crippen LogP contribution in [0.25, 0.3) is 10.9 Å². The van der Waals surface area contributed by atoms with Crippen molar-refractivity contribution < 1.29 is 9.53 Å². The first kappa shape index (κ1) is 20.4.